The van der Waals surface area contributed by atoms with E-state index in [0.717, 1.165) is 40.0 Å². The monoisotopic (exact) mass is 721 g/mol. The predicted octanol–water partition coefficient (Wildman–Crippen LogP) is -1.55. The standard InChI is InChI=1S/C29H47N5O14S/c1-15(31-24(39)16(2)47-17(3)35)23(38)33-18(26(41)45-8)10-11-21(36)32-19(25(40)30-12-22(37)44-7)13-49-14-20(27(42)46-9)34-28(43)48-29(4,5)6/h15-16,18-20H,10-14H2,1-9H3,(H,30,40)(H,31,39)(H,32,36)(H,33,38)(H,34,43)/t15-,16-,18+,19+,20-/m0/s1. The normalized spacial score (nSPS) is 13.8. The fourth-order valence-corrected chi connectivity index (χ4v) is 4.59. The molecule has 5 N–H and O–H groups in total. The van der Waals surface area contributed by atoms with Gasteiger partial charge in [-0.1, -0.05) is 0 Å². The molecule has 0 bridgehead atoms. The molecular weight excluding hydrogens is 674 g/mol. The second kappa shape index (κ2) is 22.1. The number of ether oxygens (including phenoxy) is 5. The Bertz CT molecular complexity index is 1210. The van der Waals surface area contributed by atoms with Gasteiger partial charge in [0.25, 0.3) is 5.91 Å². The van der Waals surface area contributed by atoms with Crippen LogP contribution in [0.15, 0.2) is 0 Å². The molecule has 19 nitrogen and oxygen atoms in total. The molecule has 0 aliphatic carbocycles. The van der Waals surface area contributed by atoms with Gasteiger partial charge in [0.1, 0.15) is 36.3 Å². The van der Waals surface area contributed by atoms with Crippen LogP contribution < -0.4 is 26.6 Å². The van der Waals surface area contributed by atoms with Gasteiger partial charge in [-0.3, -0.25) is 28.8 Å². The molecule has 5 atom stereocenters. The zero-order valence-electron chi connectivity index (χ0n) is 29.0. The molecule has 0 saturated heterocycles. The molecule has 0 saturated carbocycles. The highest BCUT2D eigenvalue weighted by Gasteiger charge is 2.30. The second-order valence-corrected chi connectivity index (χ2v) is 12.4. The van der Waals surface area contributed by atoms with Gasteiger partial charge in [0.2, 0.25) is 17.7 Å². The Morgan fingerprint density at radius 1 is 0.694 bits per heavy atom. The minimum absolute atomic E-state index is 0.104. The molecule has 0 rings (SSSR count). The largest absolute Gasteiger partial charge is 0.468 e. The van der Waals surface area contributed by atoms with Crippen LogP contribution in [0, 0.1) is 0 Å². The van der Waals surface area contributed by atoms with Crippen LogP contribution in [0.4, 0.5) is 4.79 Å². The maximum atomic E-state index is 12.9. The van der Waals surface area contributed by atoms with E-state index in [9.17, 15) is 43.2 Å². The van der Waals surface area contributed by atoms with E-state index in [1.807, 2.05) is 0 Å². The first kappa shape index (κ1) is 44.4. The molecule has 0 unspecified atom stereocenters. The minimum Gasteiger partial charge on any atom is -0.468 e. The van der Waals surface area contributed by atoms with Crippen molar-refractivity contribution in [3.63, 3.8) is 0 Å². The molecule has 0 aliphatic heterocycles. The Hall–Kier alpha value is -4.62. The number of hydrogen-bond donors (Lipinski definition) is 5. The van der Waals surface area contributed by atoms with Gasteiger partial charge in [-0.2, -0.15) is 11.8 Å². The molecule has 0 aromatic carbocycles. The maximum Gasteiger partial charge on any atom is 0.408 e. The summed E-state index contributed by atoms with van der Waals surface area (Å²) < 4.78 is 23.9. The fraction of sp³-hybridized carbons (Fsp3) is 0.690. The number of nitrogens with one attached hydrogen (secondary N) is 5. The van der Waals surface area contributed by atoms with Gasteiger partial charge in [0, 0.05) is 24.9 Å². The zero-order valence-corrected chi connectivity index (χ0v) is 29.9. The van der Waals surface area contributed by atoms with E-state index in [2.05, 4.69) is 31.3 Å². The number of thioether (sulfide) groups is 1. The van der Waals surface area contributed by atoms with Crippen LogP contribution >= 0.6 is 11.8 Å². The number of rotatable bonds is 19. The zero-order chi connectivity index (χ0) is 37.9. The quantitative estimate of drug-likeness (QED) is 0.0748. The smallest absolute Gasteiger partial charge is 0.408 e. The summed E-state index contributed by atoms with van der Waals surface area (Å²) in [5.74, 6) is -6.51. The van der Waals surface area contributed by atoms with Gasteiger partial charge < -0.3 is 50.3 Å². The summed E-state index contributed by atoms with van der Waals surface area (Å²) in [5, 5.41) is 11.9. The lowest BCUT2D eigenvalue weighted by molar-refractivity contribution is -0.153. The van der Waals surface area contributed by atoms with Crippen LogP contribution in [0.25, 0.3) is 0 Å². The van der Waals surface area contributed by atoms with Crippen molar-refractivity contribution in [3.8, 4) is 0 Å². The molecule has 20 heteroatoms. The second-order valence-electron chi connectivity index (χ2n) is 11.3. The number of esters is 4. The Kier molecular flexibility index (Phi) is 20.0. The number of amides is 5. The summed E-state index contributed by atoms with van der Waals surface area (Å²) in [6.07, 6.45) is -2.76. The van der Waals surface area contributed by atoms with E-state index in [0.29, 0.717) is 0 Å². The summed E-state index contributed by atoms with van der Waals surface area (Å²) in [6, 6.07) is -4.97. The lowest BCUT2D eigenvalue weighted by atomic mass is 10.1. The average molecular weight is 722 g/mol. The van der Waals surface area contributed by atoms with E-state index in [-0.39, 0.29) is 17.9 Å². The third-order valence-corrected chi connectivity index (χ3v) is 7.10. The molecule has 0 heterocycles. The molecule has 0 aromatic rings. The Labute approximate surface area is 288 Å². The lowest BCUT2D eigenvalue weighted by Crippen LogP contribution is -2.53. The number of methoxy groups -OCH3 is 3. The van der Waals surface area contributed by atoms with Crippen molar-refractivity contribution in [2.75, 3.05) is 39.4 Å². The number of carbonyl (C=O) groups excluding carboxylic acids is 9. The van der Waals surface area contributed by atoms with E-state index in [1.165, 1.54) is 13.8 Å². The number of carbonyl (C=O) groups is 9. The summed E-state index contributed by atoms with van der Waals surface area (Å²) in [4.78, 5) is 110. The lowest BCUT2D eigenvalue weighted by Gasteiger charge is -2.23. The highest BCUT2D eigenvalue weighted by Crippen LogP contribution is 2.11. The first-order valence-electron chi connectivity index (χ1n) is 14.9. The first-order chi connectivity index (χ1) is 22.7. The van der Waals surface area contributed by atoms with E-state index >= 15 is 0 Å². The SMILES string of the molecule is COC(=O)CNC(=O)[C@@H](CSC[C@H](NC(=O)OC(C)(C)C)C(=O)OC)NC(=O)CC[C@@H](NC(=O)[C@H](C)NC(=O)[C@H](C)OC(C)=O)C(=O)OC. The molecule has 0 fully saturated rings. The van der Waals surface area contributed by atoms with Crippen LogP contribution in [0.5, 0.6) is 0 Å². The van der Waals surface area contributed by atoms with Gasteiger partial charge in [0.15, 0.2) is 6.10 Å². The van der Waals surface area contributed by atoms with Crippen molar-refractivity contribution in [2.45, 2.75) is 90.3 Å². The minimum atomic E-state index is -1.34. The summed E-state index contributed by atoms with van der Waals surface area (Å²) in [5.41, 5.74) is -0.847. The van der Waals surface area contributed by atoms with Crippen molar-refractivity contribution >= 4 is 65.4 Å². The molecule has 5 amide bonds. The third-order valence-electron chi connectivity index (χ3n) is 5.96. The van der Waals surface area contributed by atoms with E-state index in [4.69, 9.17) is 18.9 Å². The molecule has 0 spiro atoms. The van der Waals surface area contributed by atoms with Gasteiger partial charge in [-0.25, -0.2) is 14.4 Å². The maximum absolute atomic E-state index is 12.9. The molecule has 0 aliphatic rings. The van der Waals surface area contributed by atoms with Crippen molar-refractivity contribution in [1.82, 2.24) is 26.6 Å². The highest BCUT2D eigenvalue weighted by molar-refractivity contribution is 7.99. The molecule has 278 valence electrons. The fourth-order valence-electron chi connectivity index (χ4n) is 3.53. The molecule has 49 heavy (non-hydrogen) atoms. The Balaban J connectivity index is 5.56. The summed E-state index contributed by atoms with van der Waals surface area (Å²) >= 11 is 0.982. The van der Waals surface area contributed by atoms with Crippen molar-refractivity contribution in [2.24, 2.45) is 0 Å². The van der Waals surface area contributed by atoms with Crippen LogP contribution in [-0.4, -0.2) is 129 Å². The number of hydrogen-bond acceptors (Lipinski definition) is 15. The van der Waals surface area contributed by atoms with Crippen molar-refractivity contribution in [1.29, 1.82) is 0 Å². The molecule has 0 radical (unpaired) electrons. The van der Waals surface area contributed by atoms with Crippen LogP contribution in [-0.2, 0) is 62.0 Å². The molecular formula is C29H47N5O14S. The number of alkyl carbamates (subject to hydrolysis) is 1. The predicted molar refractivity (Wildman–Crippen MR) is 171 cm³/mol. The Morgan fingerprint density at radius 2 is 1.27 bits per heavy atom. The molecule has 0 aromatic heterocycles. The van der Waals surface area contributed by atoms with E-state index in [1.54, 1.807) is 20.8 Å². The van der Waals surface area contributed by atoms with Crippen molar-refractivity contribution in [3.05, 3.63) is 0 Å². The van der Waals surface area contributed by atoms with Gasteiger partial charge in [0.05, 0.1) is 21.3 Å². The van der Waals surface area contributed by atoms with Crippen molar-refractivity contribution < 1.29 is 66.8 Å². The highest BCUT2D eigenvalue weighted by atomic mass is 32.2. The van der Waals surface area contributed by atoms with Crippen LogP contribution in [0.1, 0.15) is 54.4 Å². The Morgan fingerprint density at radius 3 is 1.80 bits per heavy atom. The topological polar surface area (TPSA) is 260 Å². The van der Waals surface area contributed by atoms with Crippen LogP contribution in [0.3, 0.4) is 0 Å². The summed E-state index contributed by atoms with van der Waals surface area (Å²) in [6.45, 7) is 8.11. The van der Waals surface area contributed by atoms with Gasteiger partial charge in [-0.05, 0) is 41.0 Å². The van der Waals surface area contributed by atoms with E-state index < -0.39 is 102 Å². The average Bonchev–Trinajstić information content (AvgIpc) is 3.01. The van der Waals surface area contributed by atoms with Gasteiger partial charge >= 0.3 is 30.0 Å². The third kappa shape index (κ3) is 19.1. The first-order valence-corrected chi connectivity index (χ1v) is 16.0. The van der Waals surface area contributed by atoms with Gasteiger partial charge in [-0.15, -0.1) is 0 Å². The van der Waals surface area contributed by atoms with Crippen LogP contribution in [0.2, 0.25) is 0 Å². The summed E-state index contributed by atoms with van der Waals surface area (Å²) in [7, 11) is 3.29.